The quantitative estimate of drug-likeness (QED) is 0.410. The fraction of sp³-hybridized carbons (Fsp3) is 0. The number of hydrogen-bond donors (Lipinski definition) is 0. The van der Waals surface area contributed by atoms with Crippen molar-refractivity contribution in [1.29, 1.82) is 0 Å². The van der Waals surface area contributed by atoms with Gasteiger partial charge in [0.2, 0.25) is 10.3 Å². The SMILES string of the molecule is c1cnc2nc(SSc3ncc4nccnc4n3)ncc2n1. The summed E-state index contributed by atoms with van der Waals surface area (Å²) < 4.78 is 0. The summed E-state index contributed by atoms with van der Waals surface area (Å²) in [5.74, 6) is 0. The predicted molar refractivity (Wildman–Crippen MR) is 82.0 cm³/mol. The van der Waals surface area contributed by atoms with E-state index in [0.29, 0.717) is 32.6 Å². The molecule has 0 radical (unpaired) electrons. The summed E-state index contributed by atoms with van der Waals surface area (Å²) in [4.78, 5) is 33.7. The molecule has 106 valence electrons. The van der Waals surface area contributed by atoms with Gasteiger partial charge in [0, 0.05) is 24.8 Å². The summed E-state index contributed by atoms with van der Waals surface area (Å²) in [6.07, 6.45) is 9.70. The molecule has 0 spiro atoms. The van der Waals surface area contributed by atoms with Gasteiger partial charge in [-0.15, -0.1) is 0 Å². The fourth-order valence-electron chi connectivity index (χ4n) is 1.66. The van der Waals surface area contributed by atoms with Gasteiger partial charge in [-0.25, -0.2) is 29.9 Å². The molecular weight excluding hydrogens is 320 g/mol. The highest BCUT2D eigenvalue weighted by Gasteiger charge is 2.07. The van der Waals surface area contributed by atoms with Gasteiger partial charge in [-0.05, 0) is 21.6 Å². The minimum Gasteiger partial charge on any atom is -0.250 e. The van der Waals surface area contributed by atoms with Crippen LogP contribution in [0.1, 0.15) is 0 Å². The van der Waals surface area contributed by atoms with Gasteiger partial charge >= 0.3 is 0 Å². The number of rotatable bonds is 3. The maximum Gasteiger partial charge on any atom is 0.200 e. The zero-order valence-electron chi connectivity index (χ0n) is 10.9. The summed E-state index contributed by atoms with van der Waals surface area (Å²) in [6, 6.07) is 0. The first-order chi connectivity index (χ1) is 10.9. The first kappa shape index (κ1) is 13.2. The van der Waals surface area contributed by atoms with Crippen molar-refractivity contribution < 1.29 is 0 Å². The van der Waals surface area contributed by atoms with E-state index in [1.54, 1.807) is 37.2 Å². The third kappa shape index (κ3) is 2.65. The van der Waals surface area contributed by atoms with E-state index < -0.39 is 0 Å². The molecule has 0 fully saturated rings. The molecule has 0 bridgehead atoms. The van der Waals surface area contributed by atoms with Gasteiger partial charge in [-0.1, -0.05) is 0 Å². The summed E-state index contributed by atoms with van der Waals surface area (Å²) in [7, 11) is 2.70. The third-order valence-corrected chi connectivity index (χ3v) is 4.52. The van der Waals surface area contributed by atoms with Gasteiger partial charge in [0.25, 0.3) is 0 Å². The first-order valence-electron chi connectivity index (χ1n) is 6.10. The number of fused-ring (bicyclic) bond motifs is 2. The highest BCUT2D eigenvalue weighted by atomic mass is 33.1. The van der Waals surface area contributed by atoms with Crippen molar-refractivity contribution >= 4 is 43.9 Å². The molecule has 22 heavy (non-hydrogen) atoms. The minimum atomic E-state index is 0.561. The largest absolute Gasteiger partial charge is 0.250 e. The van der Waals surface area contributed by atoms with E-state index in [0.717, 1.165) is 0 Å². The Hall–Kier alpha value is -2.46. The zero-order valence-corrected chi connectivity index (χ0v) is 12.5. The normalized spacial score (nSPS) is 11.1. The maximum atomic E-state index is 4.33. The number of hydrogen-bond acceptors (Lipinski definition) is 10. The first-order valence-corrected chi connectivity index (χ1v) is 8.25. The van der Waals surface area contributed by atoms with Gasteiger partial charge in [0.1, 0.15) is 11.0 Å². The van der Waals surface area contributed by atoms with Crippen LogP contribution in [0.15, 0.2) is 47.5 Å². The van der Waals surface area contributed by atoms with E-state index in [2.05, 4.69) is 39.9 Å². The maximum absolute atomic E-state index is 4.33. The van der Waals surface area contributed by atoms with Gasteiger partial charge < -0.3 is 0 Å². The van der Waals surface area contributed by atoms with Crippen molar-refractivity contribution in [2.75, 3.05) is 0 Å². The molecule has 4 aromatic rings. The Morgan fingerprint density at radius 1 is 0.545 bits per heavy atom. The van der Waals surface area contributed by atoms with Crippen molar-refractivity contribution in [3.8, 4) is 0 Å². The summed E-state index contributed by atoms with van der Waals surface area (Å²) in [5, 5.41) is 1.14. The van der Waals surface area contributed by atoms with Crippen LogP contribution in [0.3, 0.4) is 0 Å². The molecule has 0 aliphatic heterocycles. The Bertz CT molecular complexity index is 884. The lowest BCUT2D eigenvalue weighted by atomic mass is 10.5. The summed E-state index contributed by atoms with van der Waals surface area (Å²) in [6.45, 7) is 0. The molecular formula is C12H6N8S2. The van der Waals surface area contributed by atoms with Crippen LogP contribution in [0.4, 0.5) is 0 Å². The molecule has 0 atom stereocenters. The molecule has 4 aromatic heterocycles. The standard InChI is InChI=1S/C12H6N8S2/c1-3-15-9-7(13-1)5-17-11(19-9)21-22-12-18-6-8-10(20-12)16-4-2-14-8/h1-6H. The smallest absolute Gasteiger partial charge is 0.200 e. The highest BCUT2D eigenvalue weighted by Crippen LogP contribution is 2.33. The molecule has 0 aliphatic rings. The Morgan fingerprint density at radius 3 is 1.50 bits per heavy atom. The van der Waals surface area contributed by atoms with Crippen LogP contribution >= 0.6 is 21.6 Å². The summed E-state index contributed by atoms with van der Waals surface area (Å²) >= 11 is 0. The van der Waals surface area contributed by atoms with Crippen LogP contribution in [0, 0.1) is 0 Å². The fourth-order valence-corrected chi connectivity index (χ4v) is 3.18. The van der Waals surface area contributed by atoms with E-state index in [1.165, 1.54) is 21.6 Å². The van der Waals surface area contributed by atoms with E-state index in [4.69, 9.17) is 0 Å². The molecule has 0 saturated carbocycles. The number of aromatic nitrogens is 8. The summed E-state index contributed by atoms with van der Waals surface area (Å²) in [5.41, 5.74) is 2.44. The molecule has 0 aliphatic carbocycles. The number of nitrogens with zero attached hydrogens (tertiary/aromatic N) is 8. The van der Waals surface area contributed by atoms with E-state index in [1.807, 2.05) is 0 Å². The van der Waals surface area contributed by atoms with Crippen molar-refractivity contribution in [3.05, 3.63) is 37.2 Å². The molecule has 0 unspecified atom stereocenters. The van der Waals surface area contributed by atoms with E-state index in [-0.39, 0.29) is 0 Å². The molecule has 0 amide bonds. The van der Waals surface area contributed by atoms with Gasteiger partial charge in [-0.3, -0.25) is 0 Å². The molecule has 0 saturated heterocycles. The second-order valence-electron chi connectivity index (χ2n) is 4.00. The molecule has 0 N–H and O–H groups in total. The van der Waals surface area contributed by atoms with Crippen LogP contribution in [-0.4, -0.2) is 39.9 Å². The monoisotopic (exact) mass is 326 g/mol. The van der Waals surface area contributed by atoms with Crippen molar-refractivity contribution in [1.82, 2.24) is 39.9 Å². The lowest BCUT2D eigenvalue weighted by Gasteiger charge is -2.00. The minimum absolute atomic E-state index is 0.561. The van der Waals surface area contributed by atoms with Gasteiger partial charge in [0.15, 0.2) is 11.3 Å². The van der Waals surface area contributed by atoms with Crippen molar-refractivity contribution in [3.63, 3.8) is 0 Å². The molecule has 0 aromatic carbocycles. The van der Waals surface area contributed by atoms with Gasteiger partial charge in [0.05, 0.1) is 12.4 Å². The topological polar surface area (TPSA) is 103 Å². The Morgan fingerprint density at radius 2 is 1.00 bits per heavy atom. The van der Waals surface area contributed by atoms with Crippen LogP contribution in [0.25, 0.3) is 22.3 Å². The van der Waals surface area contributed by atoms with Crippen LogP contribution in [-0.2, 0) is 0 Å². The average Bonchev–Trinajstić information content (AvgIpc) is 2.59. The molecule has 10 heteroatoms. The predicted octanol–water partition coefficient (Wildman–Crippen LogP) is 1.95. The highest BCUT2D eigenvalue weighted by molar-refractivity contribution is 8.76. The zero-order chi connectivity index (χ0) is 14.8. The molecule has 4 heterocycles. The Labute approximate surface area is 131 Å². The van der Waals surface area contributed by atoms with E-state index in [9.17, 15) is 0 Å². The van der Waals surface area contributed by atoms with Crippen LogP contribution in [0.2, 0.25) is 0 Å². The molecule has 8 nitrogen and oxygen atoms in total. The second-order valence-corrected chi connectivity index (χ2v) is 6.07. The second kappa shape index (κ2) is 5.73. The van der Waals surface area contributed by atoms with Crippen LogP contribution in [0.5, 0.6) is 0 Å². The Kier molecular flexibility index (Phi) is 3.45. The van der Waals surface area contributed by atoms with Gasteiger partial charge in [-0.2, -0.15) is 9.97 Å². The van der Waals surface area contributed by atoms with Crippen molar-refractivity contribution in [2.45, 2.75) is 10.3 Å². The average molecular weight is 326 g/mol. The third-order valence-electron chi connectivity index (χ3n) is 2.60. The Balaban J connectivity index is 1.57. The lowest BCUT2D eigenvalue weighted by Crippen LogP contribution is -1.92. The lowest BCUT2D eigenvalue weighted by molar-refractivity contribution is 0.978. The van der Waals surface area contributed by atoms with Crippen molar-refractivity contribution in [2.24, 2.45) is 0 Å². The van der Waals surface area contributed by atoms with E-state index >= 15 is 0 Å². The molecule has 4 rings (SSSR count). The van der Waals surface area contributed by atoms with Crippen LogP contribution < -0.4 is 0 Å².